The third kappa shape index (κ3) is 4.98. The largest absolute Gasteiger partial charge is 0.360 e. The van der Waals surface area contributed by atoms with Gasteiger partial charge in [0.15, 0.2) is 5.11 Å². The lowest BCUT2D eigenvalue weighted by Crippen LogP contribution is -2.36. The van der Waals surface area contributed by atoms with Crippen LogP contribution >= 0.6 is 12.2 Å². The zero-order valence-electron chi connectivity index (χ0n) is 15.0. The summed E-state index contributed by atoms with van der Waals surface area (Å²) in [6.07, 6.45) is 3.32. The molecule has 0 bridgehead atoms. The molecule has 22 heavy (non-hydrogen) atoms. The van der Waals surface area contributed by atoms with Gasteiger partial charge in [-0.3, -0.25) is 0 Å². The van der Waals surface area contributed by atoms with Crippen molar-refractivity contribution < 1.29 is 0 Å². The van der Waals surface area contributed by atoms with E-state index >= 15 is 0 Å². The van der Waals surface area contributed by atoms with E-state index < -0.39 is 0 Å². The van der Waals surface area contributed by atoms with Crippen LogP contribution in [0.5, 0.6) is 0 Å². The van der Waals surface area contributed by atoms with E-state index in [1.165, 1.54) is 16.8 Å². The summed E-state index contributed by atoms with van der Waals surface area (Å²) in [4.78, 5) is 0. The van der Waals surface area contributed by atoms with Gasteiger partial charge in [0.25, 0.3) is 0 Å². The standard InChI is InChI=1S/C19H32N2S/c1-7-13(4)16-11-10-12-17(14(5)8-2)18(16)21-19(22)20-15(6)9-3/h10-15H,7-9H2,1-6H3,(H2,20,21,22). The average Bonchev–Trinajstić information content (AvgIpc) is 2.53. The van der Waals surface area contributed by atoms with Gasteiger partial charge in [0.1, 0.15) is 0 Å². The first kappa shape index (κ1) is 19.0. The summed E-state index contributed by atoms with van der Waals surface area (Å²) in [7, 11) is 0. The molecule has 0 spiro atoms. The van der Waals surface area contributed by atoms with Crippen LogP contribution < -0.4 is 10.6 Å². The van der Waals surface area contributed by atoms with Gasteiger partial charge in [-0.15, -0.1) is 0 Å². The highest BCUT2D eigenvalue weighted by atomic mass is 32.1. The molecule has 1 rings (SSSR count). The van der Waals surface area contributed by atoms with Crippen molar-refractivity contribution in [2.24, 2.45) is 0 Å². The lowest BCUT2D eigenvalue weighted by atomic mass is 9.89. The Labute approximate surface area is 142 Å². The number of hydrogen-bond acceptors (Lipinski definition) is 1. The van der Waals surface area contributed by atoms with Crippen molar-refractivity contribution in [3.05, 3.63) is 29.3 Å². The summed E-state index contributed by atoms with van der Waals surface area (Å²) >= 11 is 5.52. The van der Waals surface area contributed by atoms with Crippen LogP contribution in [-0.4, -0.2) is 11.2 Å². The van der Waals surface area contributed by atoms with E-state index in [0.717, 1.165) is 24.4 Å². The van der Waals surface area contributed by atoms with Crippen molar-refractivity contribution in [1.82, 2.24) is 5.32 Å². The van der Waals surface area contributed by atoms with Crippen LogP contribution in [0, 0.1) is 0 Å². The first-order valence-corrected chi connectivity index (χ1v) is 9.05. The fourth-order valence-corrected chi connectivity index (χ4v) is 2.77. The Morgan fingerprint density at radius 2 is 1.45 bits per heavy atom. The molecule has 0 amide bonds. The van der Waals surface area contributed by atoms with E-state index in [4.69, 9.17) is 12.2 Å². The van der Waals surface area contributed by atoms with Gasteiger partial charge in [-0.2, -0.15) is 0 Å². The molecular formula is C19H32N2S. The van der Waals surface area contributed by atoms with E-state index in [1.54, 1.807) is 0 Å². The van der Waals surface area contributed by atoms with Crippen molar-refractivity contribution in [1.29, 1.82) is 0 Å². The molecule has 1 aromatic rings. The van der Waals surface area contributed by atoms with E-state index in [9.17, 15) is 0 Å². The first-order chi connectivity index (χ1) is 10.4. The summed E-state index contributed by atoms with van der Waals surface area (Å²) in [6.45, 7) is 13.4. The van der Waals surface area contributed by atoms with Gasteiger partial charge in [0.2, 0.25) is 0 Å². The highest BCUT2D eigenvalue weighted by molar-refractivity contribution is 7.80. The van der Waals surface area contributed by atoms with Crippen LogP contribution in [0.2, 0.25) is 0 Å². The maximum Gasteiger partial charge on any atom is 0.171 e. The van der Waals surface area contributed by atoms with Gasteiger partial charge >= 0.3 is 0 Å². The normalized spacial score (nSPS) is 15.0. The fraction of sp³-hybridized carbons (Fsp3) is 0.632. The Kier molecular flexibility index (Phi) is 7.88. The molecule has 2 nitrogen and oxygen atoms in total. The van der Waals surface area contributed by atoms with Crippen LogP contribution in [-0.2, 0) is 0 Å². The van der Waals surface area contributed by atoms with E-state index in [-0.39, 0.29) is 0 Å². The molecule has 2 N–H and O–H groups in total. The van der Waals surface area contributed by atoms with Crippen molar-refractivity contribution in [3.8, 4) is 0 Å². The molecule has 0 radical (unpaired) electrons. The predicted molar refractivity (Wildman–Crippen MR) is 103 cm³/mol. The zero-order chi connectivity index (χ0) is 16.7. The lowest BCUT2D eigenvalue weighted by molar-refractivity contribution is 0.645. The molecule has 3 heteroatoms. The second-order valence-electron chi connectivity index (χ2n) is 6.34. The Morgan fingerprint density at radius 3 is 1.86 bits per heavy atom. The summed E-state index contributed by atoms with van der Waals surface area (Å²) in [6, 6.07) is 7.03. The third-order valence-corrected chi connectivity index (χ3v) is 4.86. The van der Waals surface area contributed by atoms with Gasteiger partial charge in [0, 0.05) is 11.7 Å². The molecule has 0 saturated carbocycles. The van der Waals surface area contributed by atoms with Gasteiger partial charge in [-0.25, -0.2) is 0 Å². The molecule has 0 aliphatic carbocycles. The zero-order valence-corrected chi connectivity index (χ0v) is 15.8. The number of benzene rings is 1. The maximum atomic E-state index is 5.52. The van der Waals surface area contributed by atoms with Crippen molar-refractivity contribution in [3.63, 3.8) is 0 Å². The molecule has 0 aliphatic heterocycles. The SMILES string of the molecule is CCC(C)NC(=S)Nc1c(C(C)CC)cccc1C(C)CC. The fourth-order valence-electron chi connectivity index (χ4n) is 2.47. The minimum atomic E-state index is 0.391. The molecule has 0 aromatic heterocycles. The molecule has 0 aliphatic rings. The van der Waals surface area contributed by atoms with Crippen LogP contribution in [0.15, 0.2) is 18.2 Å². The number of para-hydroxylation sites is 1. The highest BCUT2D eigenvalue weighted by Crippen LogP contribution is 2.34. The van der Waals surface area contributed by atoms with Crippen LogP contribution in [0.1, 0.15) is 83.8 Å². The van der Waals surface area contributed by atoms with Gasteiger partial charge in [-0.1, -0.05) is 52.8 Å². The quantitative estimate of drug-likeness (QED) is 0.621. The molecule has 3 unspecified atom stereocenters. The Morgan fingerprint density at radius 1 is 0.955 bits per heavy atom. The van der Waals surface area contributed by atoms with Crippen LogP contribution in [0.25, 0.3) is 0 Å². The van der Waals surface area contributed by atoms with Crippen molar-refractivity contribution in [2.75, 3.05) is 5.32 Å². The minimum absolute atomic E-state index is 0.391. The Bertz CT molecular complexity index is 456. The number of hydrogen-bond donors (Lipinski definition) is 2. The maximum absolute atomic E-state index is 5.52. The lowest BCUT2D eigenvalue weighted by Gasteiger charge is -2.24. The molecule has 124 valence electrons. The monoisotopic (exact) mass is 320 g/mol. The second kappa shape index (κ2) is 9.14. The highest BCUT2D eigenvalue weighted by Gasteiger charge is 2.17. The average molecular weight is 321 g/mol. The first-order valence-electron chi connectivity index (χ1n) is 8.64. The second-order valence-corrected chi connectivity index (χ2v) is 6.75. The summed E-state index contributed by atoms with van der Waals surface area (Å²) in [5, 5.41) is 7.59. The predicted octanol–water partition coefficient (Wildman–Crippen LogP) is 5.80. The summed E-state index contributed by atoms with van der Waals surface area (Å²) in [5.74, 6) is 1.05. The Balaban J connectivity index is 3.14. The van der Waals surface area contributed by atoms with Gasteiger partial charge < -0.3 is 10.6 Å². The molecule has 0 heterocycles. The smallest absolute Gasteiger partial charge is 0.171 e. The molecule has 3 atom stereocenters. The summed E-state index contributed by atoms with van der Waals surface area (Å²) < 4.78 is 0. The van der Waals surface area contributed by atoms with Gasteiger partial charge in [-0.05, 0) is 61.4 Å². The summed E-state index contributed by atoms with van der Waals surface area (Å²) in [5.41, 5.74) is 3.95. The van der Waals surface area contributed by atoms with Crippen molar-refractivity contribution >= 4 is 23.0 Å². The Hall–Kier alpha value is -1.09. The topological polar surface area (TPSA) is 24.1 Å². The number of rotatable bonds is 7. The van der Waals surface area contributed by atoms with E-state index in [0.29, 0.717) is 17.9 Å². The third-order valence-electron chi connectivity index (χ3n) is 4.64. The van der Waals surface area contributed by atoms with Crippen LogP contribution in [0.4, 0.5) is 5.69 Å². The molecule has 0 fully saturated rings. The number of thiocarbonyl (C=S) groups is 1. The van der Waals surface area contributed by atoms with E-state index in [2.05, 4.69) is 70.4 Å². The molecular weight excluding hydrogens is 288 g/mol. The van der Waals surface area contributed by atoms with E-state index in [1.807, 2.05) is 0 Å². The van der Waals surface area contributed by atoms with Crippen molar-refractivity contribution in [2.45, 2.75) is 78.7 Å². The van der Waals surface area contributed by atoms with Gasteiger partial charge in [0.05, 0.1) is 0 Å². The molecule has 1 aromatic carbocycles. The molecule has 0 saturated heterocycles. The van der Waals surface area contributed by atoms with Crippen LogP contribution in [0.3, 0.4) is 0 Å². The number of anilines is 1. The number of nitrogens with one attached hydrogen (secondary N) is 2. The minimum Gasteiger partial charge on any atom is -0.360 e.